The van der Waals surface area contributed by atoms with Crippen molar-refractivity contribution in [1.29, 1.82) is 0 Å². The molecule has 0 rings (SSSR count). The van der Waals surface area contributed by atoms with Gasteiger partial charge in [0, 0.05) is 0 Å². The van der Waals surface area contributed by atoms with Crippen LogP contribution in [0.1, 0.15) is 13.8 Å². The molecule has 11 heavy (non-hydrogen) atoms. The SMILES string of the molecule is CC(=O)/C=C(\C)C[Te](Cl)(Cl)Cl. The molecule has 0 spiro atoms. The molecule has 0 aliphatic rings. The fraction of sp³-hybridized carbons (Fsp3) is 0.500. The molecule has 0 saturated carbocycles. The number of ketones is 1. The second-order valence-corrected chi connectivity index (χ2v) is 19.7. The van der Waals surface area contributed by atoms with E-state index >= 15 is 0 Å². The molecule has 0 amide bonds. The number of carbonyl (C=O) groups is 1. The molecule has 0 aliphatic carbocycles. The molecule has 0 aromatic carbocycles. The zero-order valence-electron chi connectivity index (χ0n) is 6.23. The number of hydrogen-bond donors (Lipinski definition) is 0. The molecule has 0 aliphatic heterocycles. The van der Waals surface area contributed by atoms with E-state index in [9.17, 15) is 4.79 Å². The van der Waals surface area contributed by atoms with Crippen LogP contribution < -0.4 is 0 Å². The van der Waals surface area contributed by atoms with Crippen LogP contribution in [0.2, 0.25) is 4.47 Å². The summed E-state index contributed by atoms with van der Waals surface area (Å²) in [5.74, 6) is -0.000387. The Bertz CT molecular complexity index is 183. The second-order valence-electron chi connectivity index (χ2n) is 2.25. The van der Waals surface area contributed by atoms with Crippen molar-refractivity contribution < 1.29 is 4.79 Å². The summed E-state index contributed by atoms with van der Waals surface area (Å²) in [7, 11) is 17.0. The summed E-state index contributed by atoms with van der Waals surface area (Å²) in [6.07, 6.45) is 1.51. The van der Waals surface area contributed by atoms with Crippen LogP contribution >= 0.6 is 26.9 Å². The molecule has 5 heteroatoms. The van der Waals surface area contributed by atoms with Gasteiger partial charge in [0.05, 0.1) is 0 Å². The fourth-order valence-corrected chi connectivity index (χ4v) is 5.82. The predicted molar refractivity (Wildman–Crippen MR) is 52.6 cm³/mol. The molecular weight excluding hydrogens is 322 g/mol. The Hall–Kier alpha value is 1.07. The van der Waals surface area contributed by atoms with E-state index < -0.39 is 14.8 Å². The molecule has 0 aromatic heterocycles. The van der Waals surface area contributed by atoms with E-state index in [0.717, 1.165) is 5.57 Å². The molecule has 1 nitrogen and oxygen atoms in total. The average Bonchev–Trinajstić information content (AvgIpc) is 1.53. The summed E-state index contributed by atoms with van der Waals surface area (Å²) in [5.41, 5.74) is 0.860. The summed E-state index contributed by atoms with van der Waals surface area (Å²) in [6, 6.07) is 0. The first-order chi connectivity index (χ1) is 4.81. The second kappa shape index (κ2) is 4.94. The van der Waals surface area contributed by atoms with Crippen molar-refractivity contribution in [2.75, 3.05) is 0 Å². The first kappa shape index (κ1) is 12.1. The Morgan fingerprint density at radius 1 is 1.36 bits per heavy atom. The van der Waals surface area contributed by atoms with Gasteiger partial charge in [-0.2, -0.15) is 0 Å². The van der Waals surface area contributed by atoms with Crippen LogP contribution in [-0.4, -0.2) is 20.6 Å². The molecule has 0 N–H and O–H groups in total. The monoisotopic (exact) mass is 332 g/mol. The third kappa shape index (κ3) is 8.98. The number of rotatable bonds is 3. The molecule has 0 saturated heterocycles. The summed E-state index contributed by atoms with van der Waals surface area (Å²) >= 11 is -3.07. The summed E-state index contributed by atoms with van der Waals surface area (Å²) in [5, 5.41) is 0. The van der Waals surface area contributed by atoms with Gasteiger partial charge in [0.15, 0.2) is 0 Å². The predicted octanol–water partition coefficient (Wildman–Crippen LogP) is 3.18. The average molecular weight is 331 g/mol. The van der Waals surface area contributed by atoms with Gasteiger partial charge in [0.25, 0.3) is 0 Å². The number of hydrogen-bond acceptors (Lipinski definition) is 1. The van der Waals surface area contributed by atoms with E-state index in [-0.39, 0.29) is 5.78 Å². The normalized spacial score (nSPS) is 14.8. The molecule has 0 aromatic rings. The van der Waals surface area contributed by atoms with Gasteiger partial charge in [-0.05, 0) is 0 Å². The van der Waals surface area contributed by atoms with Crippen molar-refractivity contribution >= 4 is 47.5 Å². The molecular formula is C6H9Cl3OTe. The van der Waals surface area contributed by atoms with Crippen LogP contribution in [0.15, 0.2) is 11.6 Å². The number of carbonyl (C=O) groups excluding carboxylic acids is 1. The van der Waals surface area contributed by atoms with Gasteiger partial charge in [-0.25, -0.2) is 0 Å². The molecule has 0 heterocycles. The molecule has 66 valence electrons. The Labute approximate surface area is 81.7 Å². The van der Waals surface area contributed by atoms with Crippen LogP contribution in [0, 0.1) is 0 Å². The first-order valence-electron chi connectivity index (χ1n) is 2.89. The standard InChI is InChI=1S/C6H9Cl3OTe/c1-5(3-6(2)10)4-11(7,8)9/h3H,4H2,1-2H3/b5-3+. The van der Waals surface area contributed by atoms with Crippen molar-refractivity contribution in [2.24, 2.45) is 0 Å². The minimum absolute atomic E-state index is 0.000387. The third-order valence-electron chi connectivity index (χ3n) is 0.841. The van der Waals surface area contributed by atoms with Crippen LogP contribution in [0.25, 0.3) is 0 Å². The molecule has 0 radical (unpaired) electrons. The van der Waals surface area contributed by atoms with Crippen LogP contribution in [0.3, 0.4) is 0 Å². The minimum atomic E-state index is -3.07. The van der Waals surface area contributed by atoms with Gasteiger partial charge < -0.3 is 0 Å². The fourth-order valence-electron chi connectivity index (χ4n) is 0.647. The van der Waals surface area contributed by atoms with Gasteiger partial charge in [0.2, 0.25) is 0 Å². The molecule has 0 unspecified atom stereocenters. The van der Waals surface area contributed by atoms with E-state index in [1.165, 1.54) is 13.0 Å². The Morgan fingerprint density at radius 2 is 1.82 bits per heavy atom. The van der Waals surface area contributed by atoms with Crippen LogP contribution in [-0.2, 0) is 4.79 Å². The Balaban J connectivity index is 4.07. The van der Waals surface area contributed by atoms with E-state index in [0.29, 0.717) is 4.47 Å². The van der Waals surface area contributed by atoms with E-state index in [4.69, 9.17) is 26.9 Å². The zero-order valence-corrected chi connectivity index (χ0v) is 10.8. The van der Waals surface area contributed by atoms with Gasteiger partial charge in [-0.15, -0.1) is 0 Å². The molecule has 0 atom stereocenters. The van der Waals surface area contributed by atoms with E-state index in [1.54, 1.807) is 6.92 Å². The van der Waals surface area contributed by atoms with Gasteiger partial charge in [-0.1, -0.05) is 0 Å². The Morgan fingerprint density at radius 3 is 2.09 bits per heavy atom. The zero-order chi connectivity index (χ0) is 9.07. The van der Waals surface area contributed by atoms with Gasteiger partial charge in [0.1, 0.15) is 0 Å². The number of allylic oxidation sites excluding steroid dienone is 2. The van der Waals surface area contributed by atoms with Crippen molar-refractivity contribution in [1.82, 2.24) is 0 Å². The van der Waals surface area contributed by atoms with E-state index in [2.05, 4.69) is 0 Å². The maximum absolute atomic E-state index is 10.6. The summed E-state index contributed by atoms with van der Waals surface area (Å²) < 4.78 is 0.479. The summed E-state index contributed by atoms with van der Waals surface area (Å²) in [4.78, 5) is 10.6. The third-order valence-corrected chi connectivity index (χ3v) is 5.27. The van der Waals surface area contributed by atoms with Crippen LogP contribution in [0.5, 0.6) is 0 Å². The topological polar surface area (TPSA) is 17.1 Å². The summed E-state index contributed by atoms with van der Waals surface area (Å²) in [6.45, 7) is 3.28. The van der Waals surface area contributed by atoms with Crippen molar-refractivity contribution in [3.63, 3.8) is 0 Å². The molecule has 0 bridgehead atoms. The van der Waals surface area contributed by atoms with Crippen molar-refractivity contribution in [3.05, 3.63) is 11.6 Å². The van der Waals surface area contributed by atoms with Crippen molar-refractivity contribution in [2.45, 2.75) is 18.3 Å². The van der Waals surface area contributed by atoms with Crippen molar-refractivity contribution in [3.8, 4) is 0 Å². The van der Waals surface area contributed by atoms with Gasteiger partial charge in [-0.3, -0.25) is 0 Å². The Kier molecular flexibility index (Phi) is 5.42. The first-order valence-corrected chi connectivity index (χ1v) is 13.4. The quantitative estimate of drug-likeness (QED) is 0.573. The molecule has 0 fully saturated rings. The van der Waals surface area contributed by atoms with Gasteiger partial charge >= 0.3 is 82.3 Å². The van der Waals surface area contributed by atoms with Crippen LogP contribution in [0.4, 0.5) is 0 Å². The van der Waals surface area contributed by atoms with E-state index in [1.807, 2.05) is 0 Å². The number of halogens is 3. The maximum atomic E-state index is 10.6.